The molecule has 1 saturated carbocycles. The predicted octanol–water partition coefficient (Wildman–Crippen LogP) is 4.36. The number of anilines is 1. The van der Waals surface area contributed by atoms with Crippen molar-refractivity contribution < 1.29 is 4.42 Å². The number of rotatable bonds is 2. The molecule has 3 aromatic rings. The molecule has 5 rings (SSSR count). The van der Waals surface area contributed by atoms with Gasteiger partial charge in [0.2, 0.25) is 0 Å². The van der Waals surface area contributed by atoms with E-state index < -0.39 is 0 Å². The van der Waals surface area contributed by atoms with Gasteiger partial charge in [-0.2, -0.15) is 0 Å². The second-order valence-corrected chi connectivity index (χ2v) is 6.49. The Morgan fingerprint density at radius 1 is 1.14 bits per heavy atom. The molecule has 3 atom stereocenters. The molecule has 3 heteroatoms. The van der Waals surface area contributed by atoms with Crippen molar-refractivity contribution in [1.82, 2.24) is 4.98 Å². The molecule has 2 heterocycles. The van der Waals surface area contributed by atoms with Gasteiger partial charge in [-0.3, -0.25) is 0 Å². The zero-order valence-electron chi connectivity index (χ0n) is 12.3. The minimum Gasteiger partial charge on any atom is -0.464 e. The molecule has 1 aromatic carbocycles. The molecule has 0 amide bonds. The maximum atomic E-state index is 5.46. The van der Waals surface area contributed by atoms with Crippen molar-refractivity contribution in [1.29, 1.82) is 0 Å². The highest BCUT2D eigenvalue weighted by Gasteiger charge is 2.44. The van der Waals surface area contributed by atoms with Gasteiger partial charge in [-0.05, 0) is 54.4 Å². The highest BCUT2D eigenvalue weighted by molar-refractivity contribution is 5.88. The number of aromatic nitrogens is 1. The van der Waals surface area contributed by atoms with Gasteiger partial charge in [0.25, 0.3) is 0 Å². The van der Waals surface area contributed by atoms with Crippen LogP contribution < -0.4 is 5.32 Å². The number of nitrogens with one attached hydrogen (secondary N) is 1. The van der Waals surface area contributed by atoms with Crippen LogP contribution in [0.3, 0.4) is 0 Å². The molecular weight excluding hydrogens is 272 g/mol. The van der Waals surface area contributed by atoms with Gasteiger partial charge in [0, 0.05) is 12.2 Å². The van der Waals surface area contributed by atoms with Gasteiger partial charge in [-0.25, -0.2) is 4.98 Å². The molecule has 3 nitrogen and oxygen atoms in total. The molecule has 0 bridgehead atoms. The lowest BCUT2D eigenvalue weighted by molar-refractivity contribution is 0.194. The van der Waals surface area contributed by atoms with Gasteiger partial charge in [0.1, 0.15) is 11.4 Å². The number of fused-ring (bicyclic) bond motifs is 4. The second-order valence-electron chi connectivity index (χ2n) is 6.49. The van der Waals surface area contributed by atoms with E-state index in [0.717, 1.165) is 28.6 Å². The Hall–Kier alpha value is -2.29. The summed E-state index contributed by atoms with van der Waals surface area (Å²) in [5, 5.41) is 4.75. The van der Waals surface area contributed by atoms with Crippen LogP contribution in [-0.4, -0.2) is 11.0 Å². The lowest BCUT2D eigenvalue weighted by atomic mass is 9.60. The Labute approximate surface area is 129 Å². The van der Waals surface area contributed by atoms with Gasteiger partial charge in [0.15, 0.2) is 0 Å². The highest BCUT2D eigenvalue weighted by Crippen LogP contribution is 2.50. The number of aryl methyl sites for hydroxylation is 1. The summed E-state index contributed by atoms with van der Waals surface area (Å²) in [7, 11) is 0. The quantitative estimate of drug-likeness (QED) is 0.762. The number of hydrogen-bond donors (Lipinski definition) is 1. The van der Waals surface area contributed by atoms with Crippen molar-refractivity contribution in [3.05, 3.63) is 60.0 Å². The van der Waals surface area contributed by atoms with E-state index in [9.17, 15) is 0 Å². The lowest BCUT2D eigenvalue weighted by Crippen LogP contribution is -2.47. The molecule has 110 valence electrons. The summed E-state index contributed by atoms with van der Waals surface area (Å²) in [6.07, 6.45) is 7.25. The molecular formula is C19H18N2O. The van der Waals surface area contributed by atoms with E-state index in [2.05, 4.69) is 34.6 Å². The highest BCUT2D eigenvalue weighted by atomic mass is 16.3. The summed E-state index contributed by atoms with van der Waals surface area (Å²) >= 11 is 0. The van der Waals surface area contributed by atoms with Crippen molar-refractivity contribution in [3.63, 3.8) is 0 Å². The van der Waals surface area contributed by atoms with Gasteiger partial charge in [-0.1, -0.05) is 24.3 Å². The van der Waals surface area contributed by atoms with Crippen molar-refractivity contribution in [2.45, 2.75) is 31.2 Å². The van der Waals surface area contributed by atoms with Crippen LogP contribution in [0.4, 0.5) is 5.82 Å². The number of pyridine rings is 1. The molecule has 2 aliphatic carbocycles. The van der Waals surface area contributed by atoms with Crippen LogP contribution in [0.1, 0.15) is 29.9 Å². The Morgan fingerprint density at radius 3 is 3.09 bits per heavy atom. The summed E-state index contributed by atoms with van der Waals surface area (Å²) < 4.78 is 5.46. The maximum Gasteiger partial charge on any atom is 0.139 e. The first-order valence-electron chi connectivity index (χ1n) is 8.07. The number of hydrogen-bond acceptors (Lipinski definition) is 3. The SMILES string of the molecule is c1ccc2c(c1)CCC1C(Nc3nccc4occc34)CC21. The number of nitrogens with zero attached hydrogens (tertiary/aromatic N) is 1. The predicted molar refractivity (Wildman–Crippen MR) is 87.0 cm³/mol. The van der Waals surface area contributed by atoms with Crippen molar-refractivity contribution in [2.24, 2.45) is 5.92 Å². The summed E-state index contributed by atoms with van der Waals surface area (Å²) in [6.45, 7) is 0. The van der Waals surface area contributed by atoms with Gasteiger partial charge < -0.3 is 9.73 Å². The maximum absolute atomic E-state index is 5.46. The van der Waals surface area contributed by atoms with Crippen LogP contribution in [0.15, 0.2) is 53.3 Å². The fraction of sp³-hybridized carbons (Fsp3) is 0.316. The van der Waals surface area contributed by atoms with Crippen LogP contribution in [-0.2, 0) is 6.42 Å². The Balaban J connectivity index is 1.41. The van der Waals surface area contributed by atoms with E-state index in [4.69, 9.17) is 4.42 Å². The molecule has 0 aliphatic heterocycles. The molecule has 3 unspecified atom stereocenters. The third-order valence-corrected chi connectivity index (χ3v) is 5.45. The Morgan fingerprint density at radius 2 is 2.09 bits per heavy atom. The zero-order chi connectivity index (χ0) is 14.5. The van der Waals surface area contributed by atoms with E-state index >= 15 is 0 Å². The molecule has 1 N–H and O–H groups in total. The molecule has 2 aliphatic rings. The smallest absolute Gasteiger partial charge is 0.139 e. The van der Waals surface area contributed by atoms with Crippen LogP contribution in [0.2, 0.25) is 0 Å². The van der Waals surface area contributed by atoms with E-state index in [1.165, 1.54) is 19.3 Å². The molecule has 2 aromatic heterocycles. The molecule has 0 radical (unpaired) electrons. The van der Waals surface area contributed by atoms with Gasteiger partial charge in [-0.15, -0.1) is 0 Å². The van der Waals surface area contributed by atoms with E-state index in [0.29, 0.717) is 6.04 Å². The normalized spacial score (nSPS) is 26.1. The van der Waals surface area contributed by atoms with E-state index in [1.807, 2.05) is 18.3 Å². The third kappa shape index (κ3) is 1.71. The van der Waals surface area contributed by atoms with Gasteiger partial charge >= 0.3 is 0 Å². The fourth-order valence-electron chi connectivity index (χ4n) is 4.26. The monoisotopic (exact) mass is 290 g/mol. The first kappa shape index (κ1) is 12.3. The molecule has 22 heavy (non-hydrogen) atoms. The van der Waals surface area contributed by atoms with E-state index in [1.54, 1.807) is 17.4 Å². The average molecular weight is 290 g/mol. The Bertz CT molecular complexity index is 838. The topological polar surface area (TPSA) is 38.1 Å². The first-order valence-corrected chi connectivity index (χ1v) is 8.07. The van der Waals surface area contributed by atoms with Crippen LogP contribution in [0, 0.1) is 5.92 Å². The minimum atomic E-state index is 0.534. The average Bonchev–Trinajstić information content (AvgIpc) is 3.01. The van der Waals surface area contributed by atoms with Gasteiger partial charge in [0.05, 0.1) is 11.6 Å². The van der Waals surface area contributed by atoms with Crippen molar-refractivity contribution >= 4 is 16.8 Å². The summed E-state index contributed by atoms with van der Waals surface area (Å²) in [5.41, 5.74) is 4.03. The number of furan rings is 1. The zero-order valence-corrected chi connectivity index (χ0v) is 12.3. The summed E-state index contributed by atoms with van der Waals surface area (Å²) in [6, 6.07) is 13.4. The largest absolute Gasteiger partial charge is 0.464 e. The lowest BCUT2D eigenvalue weighted by Gasteiger charge is -2.49. The molecule has 1 fully saturated rings. The second kappa shape index (κ2) is 4.60. The Kier molecular flexibility index (Phi) is 2.57. The van der Waals surface area contributed by atoms with Crippen molar-refractivity contribution in [3.8, 4) is 0 Å². The molecule has 0 saturated heterocycles. The van der Waals surface area contributed by atoms with Crippen LogP contribution in [0.25, 0.3) is 11.0 Å². The van der Waals surface area contributed by atoms with E-state index in [-0.39, 0.29) is 0 Å². The molecule has 0 spiro atoms. The van der Waals surface area contributed by atoms with Crippen LogP contribution in [0.5, 0.6) is 0 Å². The standard InChI is InChI=1S/C19H18N2O/c1-2-4-13-12(3-1)5-6-14-16(13)11-17(14)21-19-15-8-10-22-18(15)7-9-20-19/h1-4,7-10,14,16-17H,5-6,11H2,(H,20,21). The summed E-state index contributed by atoms with van der Waals surface area (Å²) in [4.78, 5) is 4.51. The van der Waals surface area contributed by atoms with Crippen LogP contribution >= 0.6 is 0 Å². The first-order chi connectivity index (χ1) is 10.9. The summed E-state index contributed by atoms with van der Waals surface area (Å²) in [5.74, 6) is 2.43. The fourth-order valence-corrected chi connectivity index (χ4v) is 4.26. The number of benzene rings is 1. The van der Waals surface area contributed by atoms with Crippen molar-refractivity contribution in [2.75, 3.05) is 5.32 Å². The minimum absolute atomic E-state index is 0.534. The third-order valence-electron chi connectivity index (χ3n) is 5.45.